The van der Waals surface area contributed by atoms with Gasteiger partial charge in [0.15, 0.2) is 11.6 Å². The average Bonchev–Trinajstić information content (AvgIpc) is 2.71. The van der Waals surface area contributed by atoms with Gasteiger partial charge in [-0.2, -0.15) is 0 Å². The highest BCUT2D eigenvalue weighted by atomic mass is 35.5. The smallest absolute Gasteiger partial charge is 0.263 e. The Morgan fingerprint density at radius 1 is 0.833 bits per heavy atom. The third kappa shape index (κ3) is 4.22. The Hall–Kier alpha value is -3.16. The van der Waals surface area contributed by atoms with Crippen LogP contribution < -0.4 is 10.0 Å². The minimum atomic E-state index is -3.88. The van der Waals surface area contributed by atoms with E-state index in [1.165, 1.54) is 24.3 Å². The molecule has 4 aromatic rings. The lowest BCUT2D eigenvalue weighted by molar-refractivity contribution is 0.601. The molecule has 1 aromatic heterocycles. The quantitative estimate of drug-likeness (QED) is 0.433. The van der Waals surface area contributed by atoms with Crippen LogP contribution >= 0.6 is 11.6 Å². The molecular formula is C22H19ClN4O2S. The largest absolute Gasteiger partial charge is 0.337 e. The van der Waals surface area contributed by atoms with Crippen molar-refractivity contribution >= 4 is 50.0 Å². The van der Waals surface area contributed by atoms with E-state index in [1.54, 1.807) is 6.07 Å². The predicted octanol–water partition coefficient (Wildman–Crippen LogP) is 5.44. The standard InChI is InChI=1S/C22H19ClN4O2S/c1-14-7-8-15(2)20(13-14)26-21-22(25-19-6-4-3-5-18(19)24-21)27-30(28,29)17-11-9-16(23)10-12-17/h3-13H,1-2H3,(H,24,26)(H,25,27). The minimum Gasteiger partial charge on any atom is -0.337 e. The maximum absolute atomic E-state index is 12.9. The van der Waals surface area contributed by atoms with E-state index in [0.29, 0.717) is 21.9 Å². The summed E-state index contributed by atoms with van der Waals surface area (Å²) in [5.74, 6) is 0.435. The van der Waals surface area contributed by atoms with Gasteiger partial charge in [0.25, 0.3) is 10.0 Å². The number of rotatable bonds is 5. The Balaban J connectivity index is 1.80. The molecule has 0 spiro atoms. The fourth-order valence-corrected chi connectivity index (χ4v) is 4.09. The number of aryl methyl sites for hydroxylation is 2. The molecular weight excluding hydrogens is 420 g/mol. The predicted molar refractivity (Wildman–Crippen MR) is 121 cm³/mol. The molecule has 30 heavy (non-hydrogen) atoms. The van der Waals surface area contributed by atoms with Crippen LogP contribution in [0.25, 0.3) is 11.0 Å². The normalized spacial score (nSPS) is 11.4. The van der Waals surface area contributed by atoms with Crippen molar-refractivity contribution in [2.75, 3.05) is 10.0 Å². The first kappa shape index (κ1) is 20.1. The number of sulfonamides is 1. The van der Waals surface area contributed by atoms with Crippen LogP contribution in [-0.2, 0) is 10.0 Å². The first-order valence-corrected chi connectivity index (χ1v) is 11.1. The SMILES string of the molecule is Cc1ccc(C)c(Nc2nc3ccccc3nc2NS(=O)(=O)c2ccc(Cl)cc2)c1. The molecule has 8 heteroatoms. The molecule has 0 aliphatic carbocycles. The van der Waals surface area contributed by atoms with Crippen molar-refractivity contribution in [1.82, 2.24) is 9.97 Å². The lowest BCUT2D eigenvalue weighted by Gasteiger charge is -2.15. The van der Waals surface area contributed by atoms with E-state index < -0.39 is 10.0 Å². The number of nitrogens with one attached hydrogen (secondary N) is 2. The third-order valence-electron chi connectivity index (χ3n) is 4.57. The van der Waals surface area contributed by atoms with Crippen molar-refractivity contribution in [3.05, 3.63) is 82.9 Å². The van der Waals surface area contributed by atoms with Gasteiger partial charge in [0.2, 0.25) is 0 Å². The highest BCUT2D eigenvalue weighted by molar-refractivity contribution is 7.92. The van der Waals surface area contributed by atoms with Crippen molar-refractivity contribution < 1.29 is 8.42 Å². The lowest BCUT2D eigenvalue weighted by Crippen LogP contribution is -2.16. The molecule has 0 radical (unpaired) electrons. The topological polar surface area (TPSA) is 84.0 Å². The number of halogens is 1. The maximum atomic E-state index is 12.9. The van der Waals surface area contributed by atoms with Crippen LogP contribution in [0.15, 0.2) is 71.6 Å². The van der Waals surface area contributed by atoms with Gasteiger partial charge in [-0.1, -0.05) is 35.9 Å². The summed E-state index contributed by atoms with van der Waals surface area (Å²) in [6, 6.07) is 19.2. The molecule has 0 aliphatic rings. The van der Waals surface area contributed by atoms with Crippen molar-refractivity contribution in [2.24, 2.45) is 0 Å². The number of hydrogen-bond donors (Lipinski definition) is 2. The second-order valence-electron chi connectivity index (χ2n) is 6.91. The molecule has 152 valence electrons. The first-order valence-electron chi connectivity index (χ1n) is 9.21. The van der Waals surface area contributed by atoms with E-state index in [-0.39, 0.29) is 10.7 Å². The first-order chi connectivity index (χ1) is 14.3. The molecule has 0 aliphatic heterocycles. The Morgan fingerprint density at radius 2 is 1.47 bits per heavy atom. The number of fused-ring (bicyclic) bond motifs is 1. The van der Waals surface area contributed by atoms with E-state index in [1.807, 2.05) is 50.2 Å². The van der Waals surface area contributed by atoms with Crippen molar-refractivity contribution in [3.8, 4) is 0 Å². The summed E-state index contributed by atoms with van der Waals surface area (Å²) in [6.45, 7) is 3.95. The van der Waals surface area contributed by atoms with Crippen LogP contribution in [0.3, 0.4) is 0 Å². The third-order valence-corrected chi connectivity index (χ3v) is 6.18. The summed E-state index contributed by atoms with van der Waals surface area (Å²) in [4.78, 5) is 9.20. The van der Waals surface area contributed by atoms with Crippen LogP contribution in [0.2, 0.25) is 5.02 Å². The Morgan fingerprint density at radius 3 is 2.13 bits per heavy atom. The highest BCUT2D eigenvalue weighted by Gasteiger charge is 2.19. The number of anilines is 3. The zero-order valence-electron chi connectivity index (χ0n) is 16.3. The van der Waals surface area contributed by atoms with Crippen LogP contribution in [0.5, 0.6) is 0 Å². The molecule has 0 saturated carbocycles. The van der Waals surface area contributed by atoms with Crippen LogP contribution in [0.1, 0.15) is 11.1 Å². The van der Waals surface area contributed by atoms with Gasteiger partial charge in [-0.15, -0.1) is 0 Å². The van der Waals surface area contributed by atoms with Crippen LogP contribution in [0, 0.1) is 13.8 Å². The van der Waals surface area contributed by atoms with Gasteiger partial charge in [0, 0.05) is 10.7 Å². The van der Waals surface area contributed by atoms with Gasteiger partial charge in [0.05, 0.1) is 15.9 Å². The number of aromatic nitrogens is 2. The van der Waals surface area contributed by atoms with E-state index in [0.717, 1.165) is 16.8 Å². The fraction of sp³-hybridized carbons (Fsp3) is 0.0909. The summed E-state index contributed by atoms with van der Waals surface area (Å²) in [6.07, 6.45) is 0. The molecule has 0 bridgehead atoms. The minimum absolute atomic E-state index is 0.0829. The number of hydrogen-bond acceptors (Lipinski definition) is 5. The highest BCUT2D eigenvalue weighted by Crippen LogP contribution is 2.29. The van der Waals surface area contributed by atoms with Crippen molar-refractivity contribution in [3.63, 3.8) is 0 Å². The summed E-state index contributed by atoms with van der Waals surface area (Å²) in [5.41, 5.74) is 4.13. The summed E-state index contributed by atoms with van der Waals surface area (Å²) in [5, 5.41) is 3.69. The van der Waals surface area contributed by atoms with E-state index >= 15 is 0 Å². The molecule has 0 atom stereocenters. The molecule has 1 heterocycles. The Labute approximate surface area is 180 Å². The molecule has 2 N–H and O–H groups in total. The number of nitrogens with zero attached hydrogens (tertiary/aromatic N) is 2. The average molecular weight is 439 g/mol. The molecule has 0 fully saturated rings. The van der Waals surface area contributed by atoms with Gasteiger partial charge in [-0.3, -0.25) is 4.72 Å². The zero-order valence-corrected chi connectivity index (χ0v) is 17.9. The lowest BCUT2D eigenvalue weighted by atomic mass is 10.1. The van der Waals surface area contributed by atoms with E-state index in [4.69, 9.17) is 11.6 Å². The number of benzene rings is 3. The van der Waals surface area contributed by atoms with Gasteiger partial charge >= 0.3 is 0 Å². The molecule has 0 saturated heterocycles. The van der Waals surface area contributed by atoms with Gasteiger partial charge in [-0.25, -0.2) is 18.4 Å². The summed E-state index contributed by atoms with van der Waals surface area (Å²) in [7, 11) is -3.88. The molecule has 4 rings (SSSR count). The van der Waals surface area contributed by atoms with E-state index in [9.17, 15) is 8.42 Å². The van der Waals surface area contributed by atoms with Gasteiger partial charge in [0.1, 0.15) is 0 Å². The molecule has 3 aromatic carbocycles. The van der Waals surface area contributed by atoms with Gasteiger partial charge < -0.3 is 5.32 Å². The van der Waals surface area contributed by atoms with Crippen molar-refractivity contribution in [1.29, 1.82) is 0 Å². The zero-order chi connectivity index (χ0) is 21.3. The summed E-state index contributed by atoms with van der Waals surface area (Å²) >= 11 is 5.88. The van der Waals surface area contributed by atoms with E-state index in [2.05, 4.69) is 20.0 Å². The van der Waals surface area contributed by atoms with Crippen LogP contribution in [-0.4, -0.2) is 18.4 Å². The second-order valence-corrected chi connectivity index (χ2v) is 9.03. The molecule has 6 nitrogen and oxygen atoms in total. The van der Waals surface area contributed by atoms with Crippen LogP contribution in [0.4, 0.5) is 17.3 Å². The monoisotopic (exact) mass is 438 g/mol. The van der Waals surface area contributed by atoms with Crippen molar-refractivity contribution in [2.45, 2.75) is 18.7 Å². The molecule has 0 unspecified atom stereocenters. The second kappa shape index (κ2) is 7.93. The maximum Gasteiger partial charge on any atom is 0.263 e. The molecule has 0 amide bonds. The Kier molecular flexibility index (Phi) is 5.32. The van der Waals surface area contributed by atoms with Gasteiger partial charge in [-0.05, 0) is 67.4 Å². The number of para-hydroxylation sites is 2. The fourth-order valence-electron chi connectivity index (χ4n) is 2.96. The summed E-state index contributed by atoms with van der Waals surface area (Å²) < 4.78 is 28.4. The Bertz CT molecular complexity index is 1340.